The zero-order valence-electron chi connectivity index (χ0n) is 11.4. The van der Waals surface area contributed by atoms with Crippen LogP contribution in [0.2, 0.25) is 5.02 Å². The Morgan fingerprint density at radius 2 is 2.25 bits per heavy atom. The minimum Gasteiger partial charge on any atom is -0.310 e. The molecule has 2 rings (SSSR count). The Morgan fingerprint density at radius 3 is 2.80 bits per heavy atom. The topological polar surface area (TPSA) is 46.2 Å². The van der Waals surface area contributed by atoms with Gasteiger partial charge in [0.1, 0.15) is 0 Å². The average Bonchev–Trinajstić information content (AvgIpc) is 2.74. The van der Waals surface area contributed by atoms with Crippen molar-refractivity contribution in [1.29, 1.82) is 0 Å². The molecular weight excluding hydrogens is 362 g/mol. The lowest BCUT2D eigenvalue weighted by Gasteiger charge is -2.25. The summed E-state index contributed by atoms with van der Waals surface area (Å²) in [6.45, 7) is 2.97. The molecule has 2 unspecified atom stereocenters. The van der Waals surface area contributed by atoms with E-state index in [1.54, 1.807) is 0 Å². The molecule has 6 heteroatoms. The van der Waals surface area contributed by atoms with Gasteiger partial charge in [-0.3, -0.25) is 0 Å². The lowest BCUT2D eigenvalue weighted by atomic mass is 9.92. The Hall–Kier alpha value is -0.100. The predicted octanol–water partition coefficient (Wildman–Crippen LogP) is 3.58. The van der Waals surface area contributed by atoms with E-state index in [-0.39, 0.29) is 17.7 Å². The molecule has 2 atom stereocenters. The summed E-state index contributed by atoms with van der Waals surface area (Å²) in [7, 11) is -2.87. The molecule has 3 nitrogen and oxygen atoms in total. The molecule has 1 heterocycles. The van der Waals surface area contributed by atoms with Gasteiger partial charge in [-0.15, -0.1) is 0 Å². The quantitative estimate of drug-likeness (QED) is 0.849. The first kappa shape index (κ1) is 16.3. The number of benzene rings is 1. The molecule has 0 spiro atoms. The maximum atomic E-state index is 11.7. The van der Waals surface area contributed by atoms with Crippen LogP contribution in [0.15, 0.2) is 22.7 Å². The predicted molar refractivity (Wildman–Crippen MR) is 86.9 cm³/mol. The second kappa shape index (κ2) is 6.77. The summed E-state index contributed by atoms with van der Waals surface area (Å²) in [5.74, 6) is 0.692. The van der Waals surface area contributed by atoms with Crippen LogP contribution in [-0.2, 0) is 9.84 Å². The van der Waals surface area contributed by atoms with Gasteiger partial charge in [-0.1, -0.05) is 24.6 Å². The summed E-state index contributed by atoms with van der Waals surface area (Å²) in [5.41, 5.74) is 1.06. The van der Waals surface area contributed by atoms with E-state index in [0.29, 0.717) is 10.8 Å². The van der Waals surface area contributed by atoms with Crippen molar-refractivity contribution in [3.63, 3.8) is 0 Å². The van der Waals surface area contributed by atoms with Gasteiger partial charge in [0.2, 0.25) is 0 Å². The van der Waals surface area contributed by atoms with Crippen LogP contribution in [-0.4, -0.2) is 26.5 Å². The molecule has 1 saturated heterocycles. The normalized spacial score (nSPS) is 22.9. The van der Waals surface area contributed by atoms with Crippen molar-refractivity contribution in [2.75, 3.05) is 18.1 Å². The van der Waals surface area contributed by atoms with Crippen LogP contribution in [0, 0.1) is 5.92 Å². The smallest absolute Gasteiger partial charge is 0.150 e. The summed E-state index contributed by atoms with van der Waals surface area (Å²) in [6.07, 6.45) is 1.73. The van der Waals surface area contributed by atoms with E-state index in [2.05, 4.69) is 28.2 Å². The molecule has 0 aromatic heterocycles. The van der Waals surface area contributed by atoms with Crippen LogP contribution < -0.4 is 5.32 Å². The maximum absolute atomic E-state index is 11.7. The number of nitrogens with one attached hydrogen (secondary N) is 1. The lowest BCUT2D eigenvalue weighted by Crippen LogP contribution is -2.29. The van der Waals surface area contributed by atoms with E-state index < -0.39 is 9.84 Å². The van der Waals surface area contributed by atoms with E-state index in [4.69, 9.17) is 11.6 Å². The van der Waals surface area contributed by atoms with Crippen LogP contribution in [0.3, 0.4) is 0 Å². The molecule has 0 radical (unpaired) electrons. The summed E-state index contributed by atoms with van der Waals surface area (Å²) >= 11 is 9.55. The van der Waals surface area contributed by atoms with E-state index in [1.807, 2.05) is 18.2 Å². The Kier molecular flexibility index (Phi) is 5.51. The lowest BCUT2D eigenvalue weighted by molar-refractivity contribution is 0.393. The van der Waals surface area contributed by atoms with Crippen molar-refractivity contribution >= 4 is 37.4 Å². The molecule has 1 aromatic rings. The molecule has 1 aliphatic rings. The molecule has 0 aliphatic carbocycles. The third kappa shape index (κ3) is 3.97. The van der Waals surface area contributed by atoms with Crippen LogP contribution in [0.1, 0.15) is 31.4 Å². The van der Waals surface area contributed by atoms with Crippen molar-refractivity contribution < 1.29 is 8.42 Å². The Balaban J connectivity index is 2.25. The monoisotopic (exact) mass is 379 g/mol. The second-order valence-corrected chi connectivity index (χ2v) is 8.76. The minimum atomic E-state index is -2.87. The fourth-order valence-corrected chi connectivity index (χ4v) is 4.92. The molecule has 1 aliphatic heterocycles. The number of sulfone groups is 1. The molecule has 20 heavy (non-hydrogen) atoms. The summed E-state index contributed by atoms with van der Waals surface area (Å²) in [4.78, 5) is 0. The minimum absolute atomic E-state index is 0.0535. The molecule has 1 N–H and O–H groups in total. The average molecular weight is 381 g/mol. The summed E-state index contributed by atoms with van der Waals surface area (Å²) in [6, 6.07) is 5.90. The fraction of sp³-hybridized carbons (Fsp3) is 0.571. The van der Waals surface area contributed by atoms with Crippen molar-refractivity contribution in [3.05, 3.63) is 33.3 Å². The molecule has 1 fully saturated rings. The van der Waals surface area contributed by atoms with Gasteiger partial charge in [0.05, 0.1) is 16.5 Å². The van der Waals surface area contributed by atoms with Crippen molar-refractivity contribution in [2.45, 2.75) is 25.8 Å². The van der Waals surface area contributed by atoms with E-state index in [0.717, 1.165) is 29.4 Å². The third-order valence-corrected chi connectivity index (χ3v) is 6.68. The number of hydrogen-bond acceptors (Lipinski definition) is 3. The zero-order valence-corrected chi connectivity index (χ0v) is 14.6. The first-order valence-corrected chi connectivity index (χ1v) is 9.81. The van der Waals surface area contributed by atoms with Crippen LogP contribution >= 0.6 is 27.5 Å². The molecule has 0 bridgehead atoms. The highest BCUT2D eigenvalue weighted by Crippen LogP contribution is 2.34. The van der Waals surface area contributed by atoms with E-state index in [9.17, 15) is 8.42 Å². The van der Waals surface area contributed by atoms with Crippen LogP contribution in [0.4, 0.5) is 0 Å². The molecule has 1 aromatic carbocycles. The Labute approximate surface area is 134 Å². The third-order valence-electron chi connectivity index (χ3n) is 3.66. The van der Waals surface area contributed by atoms with Crippen molar-refractivity contribution in [2.24, 2.45) is 5.92 Å². The van der Waals surface area contributed by atoms with Gasteiger partial charge >= 0.3 is 0 Å². The number of hydrogen-bond donors (Lipinski definition) is 1. The highest BCUT2D eigenvalue weighted by atomic mass is 79.9. The molecular formula is C14H19BrClNO2S. The van der Waals surface area contributed by atoms with Gasteiger partial charge in [0, 0.05) is 10.5 Å². The van der Waals surface area contributed by atoms with Crippen LogP contribution in [0.25, 0.3) is 0 Å². The first-order valence-electron chi connectivity index (χ1n) is 6.81. The van der Waals surface area contributed by atoms with Gasteiger partial charge in [0.15, 0.2) is 9.84 Å². The first-order chi connectivity index (χ1) is 9.43. The summed E-state index contributed by atoms with van der Waals surface area (Å²) < 4.78 is 24.3. The standard InChI is InChI=1S/C14H19BrClNO2S/c1-2-6-17-14(11-5-7-20(18,19)9-11)10-3-4-12(15)13(16)8-10/h3-4,8,11,14,17H,2,5-7,9H2,1H3. The van der Waals surface area contributed by atoms with E-state index in [1.165, 1.54) is 0 Å². The highest BCUT2D eigenvalue weighted by Gasteiger charge is 2.34. The molecule has 112 valence electrons. The van der Waals surface area contributed by atoms with E-state index >= 15 is 0 Å². The maximum Gasteiger partial charge on any atom is 0.150 e. The molecule has 0 saturated carbocycles. The highest BCUT2D eigenvalue weighted by molar-refractivity contribution is 9.10. The van der Waals surface area contributed by atoms with Gasteiger partial charge in [-0.25, -0.2) is 8.42 Å². The molecule has 0 amide bonds. The van der Waals surface area contributed by atoms with Gasteiger partial charge < -0.3 is 5.32 Å². The number of halogens is 2. The SMILES string of the molecule is CCCNC(c1ccc(Br)c(Cl)c1)C1CCS(=O)(=O)C1. The van der Waals surface area contributed by atoms with Gasteiger partial charge in [-0.05, 0) is 58.9 Å². The largest absolute Gasteiger partial charge is 0.310 e. The zero-order chi connectivity index (χ0) is 14.8. The van der Waals surface area contributed by atoms with Crippen molar-refractivity contribution in [3.8, 4) is 0 Å². The van der Waals surface area contributed by atoms with Crippen molar-refractivity contribution in [1.82, 2.24) is 5.32 Å². The Bertz CT molecular complexity index is 577. The van der Waals surface area contributed by atoms with Gasteiger partial charge in [-0.2, -0.15) is 0 Å². The summed E-state index contributed by atoms with van der Waals surface area (Å²) in [5, 5.41) is 4.13. The fourth-order valence-electron chi connectivity index (χ4n) is 2.65. The van der Waals surface area contributed by atoms with Crippen LogP contribution in [0.5, 0.6) is 0 Å². The second-order valence-electron chi connectivity index (χ2n) is 5.27. The van der Waals surface area contributed by atoms with Gasteiger partial charge in [0.25, 0.3) is 0 Å². The number of rotatable bonds is 5. The Morgan fingerprint density at radius 1 is 1.50 bits per heavy atom.